The molecule has 0 N–H and O–H groups in total. The smallest absolute Gasteiger partial charge is 0.227 e. The van der Waals surface area contributed by atoms with Crippen molar-refractivity contribution in [2.45, 2.75) is 25.4 Å². The van der Waals surface area contributed by atoms with Gasteiger partial charge in [-0.3, -0.25) is 4.90 Å². The molecule has 0 bridgehead atoms. The van der Waals surface area contributed by atoms with E-state index in [1.807, 2.05) is 43.4 Å². The molecular formula is C21H26N6. The first kappa shape index (κ1) is 17.7. The lowest BCUT2D eigenvalue weighted by Gasteiger charge is -2.38. The zero-order valence-corrected chi connectivity index (χ0v) is 16.0. The maximum absolute atomic E-state index is 8.98. The SMILES string of the molecule is CN(C)c1ccnc(N2CCC3CCN(Cc4ccc(C#N)cc4)C3C2)n1. The minimum Gasteiger partial charge on any atom is -0.363 e. The average Bonchev–Trinajstić information content (AvgIpc) is 3.10. The van der Waals surface area contributed by atoms with Gasteiger partial charge in [0.2, 0.25) is 5.95 Å². The number of fused-ring (bicyclic) bond motifs is 1. The van der Waals surface area contributed by atoms with Gasteiger partial charge < -0.3 is 9.80 Å². The van der Waals surface area contributed by atoms with Crippen LogP contribution in [0.1, 0.15) is 24.0 Å². The summed E-state index contributed by atoms with van der Waals surface area (Å²) in [5, 5.41) is 8.98. The minimum atomic E-state index is 0.543. The highest BCUT2D eigenvalue weighted by atomic mass is 15.3. The number of hydrogen-bond donors (Lipinski definition) is 0. The van der Waals surface area contributed by atoms with E-state index in [2.05, 4.69) is 33.0 Å². The van der Waals surface area contributed by atoms with E-state index in [-0.39, 0.29) is 0 Å². The molecule has 0 amide bonds. The number of rotatable bonds is 4. The summed E-state index contributed by atoms with van der Waals surface area (Å²) in [5.74, 6) is 2.55. The van der Waals surface area contributed by atoms with Crippen molar-refractivity contribution in [1.82, 2.24) is 14.9 Å². The fraction of sp³-hybridized carbons (Fsp3) is 0.476. The molecule has 140 valence electrons. The van der Waals surface area contributed by atoms with Crippen molar-refractivity contribution in [3.05, 3.63) is 47.7 Å². The summed E-state index contributed by atoms with van der Waals surface area (Å²) in [5.41, 5.74) is 2.00. The van der Waals surface area contributed by atoms with Crippen molar-refractivity contribution < 1.29 is 0 Å². The Bertz CT molecular complexity index is 825. The van der Waals surface area contributed by atoms with Gasteiger partial charge in [0.25, 0.3) is 0 Å². The van der Waals surface area contributed by atoms with Crippen molar-refractivity contribution in [2.75, 3.05) is 43.5 Å². The molecule has 4 rings (SSSR count). The Balaban J connectivity index is 1.47. The van der Waals surface area contributed by atoms with Crippen molar-refractivity contribution in [1.29, 1.82) is 5.26 Å². The second kappa shape index (κ2) is 7.53. The van der Waals surface area contributed by atoms with Gasteiger partial charge in [0, 0.05) is 46.0 Å². The van der Waals surface area contributed by atoms with Crippen LogP contribution in [-0.4, -0.2) is 54.6 Å². The lowest BCUT2D eigenvalue weighted by molar-refractivity contribution is 0.200. The molecule has 0 aliphatic carbocycles. The van der Waals surface area contributed by atoms with E-state index >= 15 is 0 Å². The maximum Gasteiger partial charge on any atom is 0.227 e. The molecule has 6 heteroatoms. The third kappa shape index (κ3) is 3.74. The quantitative estimate of drug-likeness (QED) is 0.833. The van der Waals surface area contributed by atoms with Crippen molar-refractivity contribution >= 4 is 11.8 Å². The van der Waals surface area contributed by atoms with Gasteiger partial charge in [0.05, 0.1) is 11.6 Å². The lowest BCUT2D eigenvalue weighted by Crippen LogP contribution is -2.48. The van der Waals surface area contributed by atoms with Crippen LogP contribution in [0.4, 0.5) is 11.8 Å². The lowest BCUT2D eigenvalue weighted by atomic mass is 9.92. The molecule has 2 aliphatic heterocycles. The number of aromatic nitrogens is 2. The summed E-state index contributed by atoms with van der Waals surface area (Å²) in [4.78, 5) is 16.2. The highest BCUT2D eigenvalue weighted by molar-refractivity contribution is 5.43. The molecule has 2 saturated heterocycles. The predicted octanol–water partition coefficient (Wildman–Crippen LogP) is 2.52. The Morgan fingerprint density at radius 2 is 1.93 bits per heavy atom. The highest BCUT2D eigenvalue weighted by Crippen LogP contribution is 2.34. The second-order valence-electron chi connectivity index (χ2n) is 7.74. The fourth-order valence-corrected chi connectivity index (χ4v) is 4.27. The molecule has 1 aromatic carbocycles. The summed E-state index contributed by atoms with van der Waals surface area (Å²) in [6.45, 7) is 4.10. The zero-order valence-electron chi connectivity index (χ0n) is 16.0. The number of anilines is 2. The van der Waals surface area contributed by atoms with E-state index in [0.717, 1.165) is 49.4 Å². The van der Waals surface area contributed by atoms with Gasteiger partial charge in [0.1, 0.15) is 5.82 Å². The number of nitriles is 1. The van der Waals surface area contributed by atoms with Crippen LogP contribution in [0.5, 0.6) is 0 Å². The van der Waals surface area contributed by atoms with Gasteiger partial charge in [-0.15, -0.1) is 0 Å². The number of nitrogens with zero attached hydrogens (tertiary/aromatic N) is 6. The molecule has 2 atom stereocenters. The number of hydrogen-bond acceptors (Lipinski definition) is 6. The topological polar surface area (TPSA) is 59.3 Å². The first-order valence-corrected chi connectivity index (χ1v) is 9.62. The van der Waals surface area contributed by atoms with E-state index in [1.54, 1.807) is 0 Å². The molecule has 2 unspecified atom stereocenters. The van der Waals surface area contributed by atoms with E-state index in [9.17, 15) is 0 Å². The van der Waals surface area contributed by atoms with Crippen molar-refractivity contribution in [2.24, 2.45) is 5.92 Å². The standard InChI is InChI=1S/C21H26N6/c1-25(2)20-7-10-23-21(24-20)27-12-9-18-8-11-26(19(18)15-27)14-17-5-3-16(13-22)4-6-17/h3-7,10,18-19H,8-9,11-12,14-15H2,1-2H3. The average molecular weight is 362 g/mol. The largest absolute Gasteiger partial charge is 0.363 e. The molecule has 0 radical (unpaired) electrons. The van der Waals surface area contributed by atoms with Crippen LogP contribution in [0.3, 0.4) is 0 Å². The summed E-state index contributed by atoms with van der Waals surface area (Å²) in [6, 6.07) is 12.7. The summed E-state index contributed by atoms with van der Waals surface area (Å²) in [6.07, 6.45) is 4.32. The van der Waals surface area contributed by atoms with E-state index in [1.165, 1.54) is 18.4 Å². The highest BCUT2D eigenvalue weighted by Gasteiger charge is 2.38. The zero-order chi connectivity index (χ0) is 18.8. The third-order valence-corrected chi connectivity index (χ3v) is 5.82. The Hall–Kier alpha value is -2.65. The van der Waals surface area contributed by atoms with Gasteiger partial charge in [-0.25, -0.2) is 4.98 Å². The van der Waals surface area contributed by atoms with Gasteiger partial charge >= 0.3 is 0 Å². The third-order valence-electron chi connectivity index (χ3n) is 5.82. The van der Waals surface area contributed by atoms with Crippen LogP contribution in [0, 0.1) is 17.2 Å². The minimum absolute atomic E-state index is 0.543. The first-order chi connectivity index (χ1) is 13.1. The van der Waals surface area contributed by atoms with Crippen LogP contribution in [-0.2, 0) is 6.54 Å². The Kier molecular flexibility index (Phi) is 4.95. The number of benzene rings is 1. The van der Waals surface area contributed by atoms with Crippen LogP contribution < -0.4 is 9.80 Å². The van der Waals surface area contributed by atoms with Crippen LogP contribution in [0.25, 0.3) is 0 Å². The van der Waals surface area contributed by atoms with E-state index in [4.69, 9.17) is 10.2 Å². The molecule has 3 heterocycles. The van der Waals surface area contributed by atoms with Crippen LogP contribution in [0.15, 0.2) is 36.5 Å². The van der Waals surface area contributed by atoms with E-state index < -0.39 is 0 Å². The van der Waals surface area contributed by atoms with Gasteiger partial charge in [-0.2, -0.15) is 10.2 Å². The molecule has 2 fully saturated rings. The molecule has 0 saturated carbocycles. The number of piperidine rings is 1. The molecular weight excluding hydrogens is 336 g/mol. The first-order valence-electron chi connectivity index (χ1n) is 9.62. The van der Waals surface area contributed by atoms with Gasteiger partial charge in [-0.05, 0) is 49.1 Å². The van der Waals surface area contributed by atoms with Crippen molar-refractivity contribution in [3.63, 3.8) is 0 Å². The monoisotopic (exact) mass is 362 g/mol. The molecule has 0 spiro atoms. The van der Waals surface area contributed by atoms with Crippen molar-refractivity contribution in [3.8, 4) is 6.07 Å². The summed E-state index contributed by atoms with van der Waals surface area (Å²) >= 11 is 0. The molecule has 1 aromatic heterocycles. The van der Waals surface area contributed by atoms with Gasteiger partial charge in [0.15, 0.2) is 0 Å². The number of likely N-dealkylation sites (tertiary alicyclic amines) is 1. The van der Waals surface area contributed by atoms with Crippen LogP contribution >= 0.6 is 0 Å². The fourth-order valence-electron chi connectivity index (χ4n) is 4.27. The normalized spacial score (nSPS) is 22.3. The Morgan fingerprint density at radius 3 is 2.67 bits per heavy atom. The predicted molar refractivity (Wildman–Crippen MR) is 107 cm³/mol. The van der Waals surface area contributed by atoms with Gasteiger partial charge in [-0.1, -0.05) is 12.1 Å². The van der Waals surface area contributed by atoms with E-state index in [0.29, 0.717) is 6.04 Å². The molecule has 6 nitrogen and oxygen atoms in total. The Labute approximate surface area is 161 Å². The Morgan fingerprint density at radius 1 is 1.15 bits per heavy atom. The summed E-state index contributed by atoms with van der Waals surface area (Å²) < 4.78 is 0. The molecule has 27 heavy (non-hydrogen) atoms. The molecule has 2 aromatic rings. The molecule has 2 aliphatic rings. The second-order valence-corrected chi connectivity index (χ2v) is 7.74. The maximum atomic E-state index is 8.98. The van der Waals surface area contributed by atoms with Crippen LogP contribution in [0.2, 0.25) is 0 Å². The summed E-state index contributed by atoms with van der Waals surface area (Å²) in [7, 11) is 4.02.